The van der Waals surface area contributed by atoms with Gasteiger partial charge in [-0.2, -0.15) is 0 Å². The molecule has 3 aromatic rings. The van der Waals surface area contributed by atoms with Gasteiger partial charge in [-0.1, -0.05) is 35.3 Å². The number of rotatable bonds is 5. The van der Waals surface area contributed by atoms with Crippen LogP contribution in [0, 0.1) is 10.1 Å². The molecule has 0 unspecified atom stereocenters. The minimum Gasteiger partial charge on any atom is -0.457 e. The van der Waals surface area contributed by atoms with Gasteiger partial charge in [0.2, 0.25) is 0 Å². The van der Waals surface area contributed by atoms with Crippen molar-refractivity contribution in [2.45, 2.75) is 6.54 Å². The molecule has 0 saturated carbocycles. The molecule has 0 spiro atoms. The lowest BCUT2D eigenvalue weighted by molar-refractivity contribution is -0.384. The van der Waals surface area contributed by atoms with E-state index in [1.165, 1.54) is 30.3 Å². The number of thioether (sulfide) groups is 1. The number of carbonyl (C=O) groups excluding carboxylic acids is 2. The maximum absolute atomic E-state index is 12.7. The quantitative estimate of drug-likeness (QED) is 0.241. The normalized spacial score (nSPS) is 15.2. The summed E-state index contributed by atoms with van der Waals surface area (Å²) < 4.78 is 5.76. The van der Waals surface area contributed by atoms with Gasteiger partial charge in [-0.05, 0) is 47.7 Å². The van der Waals surface area contributed by atoms with E-state index in [2.05, 4.69) is 0 Å². The van der Waals surface area contributed by atoms with Crippen LogP contribution in [-0.2, 0) is 11.3 Å². The molecule has 2 aromatic carbocycles. The number of benzene rings is 2. The Balaban J connectivity index is 1.53. The lowest BCUT2D eigenvalue weighted by Crippen LogP contribution is -2.27. The predicted octanol–water partition coefficient (Wildman–Crippen LogP) is 6.40. The van der Waals surface area contributed by atoms with E-state index in [-0.39, 0.29) is 17.1 Å². The maximum atomic E-state index is 12.7. The van der Waals surface area contributed by atoms with Crippen molar-refractivity contribution in [3.05, 3.63) is 91.0 Å². The van der Waals surface area contributed by atoms with Gasteiger partial charge < -0.3 is 4.42 Å². The van der Waals surface area contributed by atoms with E-state index < -0.39 is 16.1 Å². The topological polar surface area (TPSA) is 93.7 Å². The van der Waals surface area contributed by atoms with Gasteiger partial charge in [-0.25, -0.2) is 0 Å². The van der Waals surface area contributed by atoms with Crippen molar-refractivity contribution < 1.29 is 18.9 Å². The van der Waals surface area contributed by atoms with Crippen molar-refractivity contribution in [2.24, 2.45) is 0 Å². The smallest absolute Gasteiger partial charge is 0.293 e. The fourth-order valence-electron chi connectivity index (χ4n) is 2.93. The molecule has 1 aromatic heterocycles. The van der Waals surface area contributed by atoms with Crippen molar-refractivity contribution in [1.29, 1.82) is 0 Å². The van der Waals surface area contributed by atoms with Gasteiger partial charge in [0.1, 0.15) is 11.5 Å². The standard InChI is InChI=1S/C21H12Cl2N2O5S/c22-13-3-7-17(23)16(9-13)18-8-6-15(30-18)10-19-20(26)24(21(27)31-19)11-12-1-4-14(5-2-12)25(28)29/h1-10H,11H2/b19-10-. The summed E-state index contributed by atoms with van der Waals surface area (Å²) >= 11 is 13.0. The molecule has 156 valence electrons. The van der Waals surface area contributed by atoms with Crippen molar-refractivity contribution in [1.82, 2.24) is 4.90 Å². The molecule has 0 atom stereocenters. The molecular formula is C21H12Cl2N2O5S. The van der Waals surface area contributed by atoms with Gasteiger partial charge in [-0.15, -0.1) is 0 Å². The van der Waals surface area contributed by atoms with Crippen LogP contribution in [0.2, 0.25) is 10.0 Å². The summed E-state index contributed by atoms with van der Waals surface area (Å²) in [6.45, 7) is 0.0154. The summed E-state index contributed by atoms with van der Waals surface area (Å²) in [7, 11) is 0. The van der Waals surface area contributed by atoms with Crippen molar-refractivity contribution >= 4 is 57.9 Å². The number of non-ortho nitro benzene ring substituents is 1. The number of furan rings is 1. The summed E-state index contributed by atoms with van der Waals surface area (Å²) in [4.78, 5) is 36.6. The third kappa shape index (κ3) is 4.51. The molecule has 10 heteroatoms. The summed E-state index contributed by atoms with van der Waals surface area (Å²) in [5.41, 5.74) is 1.15. The summed E-state index contributed by atoms with van der Waals surface area (Å²) in [6.07, 6.45) is 1.49. The predicted molar refractivity (Wildman–Crippen MR) is 119 cm³/mol. The molecule has 7 nitrogen and oxygen atoms in total. The Morgan fingerprint density at radius 2 is 1.81 bits per heavy atom. The maximum Gasteiger partial charge on any atom is 0.293 e. The summed E-state index contributed by atoms with van der Waals surface area (Å²) in [5, 5.41) is 11.3. The van der Waals surface area contributed by atoms with Crippen LogP contribution in [0.4, 0.5) is 10.5 Å². The lowest BCUT2D eigenvalue weighted by atomic mass is 10.2. The number of nitrogens with zero attached hydrogens (tertiary/aromatic N) is 2. The van der Waals surface area contributed by atoms with Gasteiger partial charge in [-0.3, -0.25) is 24.6 Å². The largest absolute Gasteiger partial charge is 0.457 e. The number of carbonyl (C=O) groups is 2. The zero-order chi connectivity index (χ0) is 22.1. The average Bonchev–Trinajstić information content (AvgIpc) is 3.30. The summed E-state index contributed by atoms with van der Waals surface area (Å²) in [6, 6.07) is 14.0. The number of halogens is 2. The molecule has 0 bridgehead atoms. The molecule has 0 radical (unpaired) electrons. The number of hydrogen-bond donors (Lipinski definition) is 0. The molecule has 1 aliphatic rings. The SMILES string of the molecule is O=C1S/C(=C\c2ccc(-c3cc(Cl)ccc3Cl)o2)C(=O)N1Cc1ccc([N+](=O)[O-])cc1. The second-order valence-electron chi connectivity index (χ2n) is 6.52. The van der Waals surface area contributed by atoms with Gasteiger partial charge in [0.15, 0.2) is 0 Å². The molecule has 31 heavy (non-hydrogen) atoms. The third-order valence-electron chi connectivity index (χ3n) is 4.46. The first kappa shape index (κ1) is 21.2. The fraction of sp³-hybridized carbons (Fsp3) is 0.0476. The van der Waals surface area contributed by atoms with Crippen molar-refractivity contribution in [3.63, 3.8) is 0 Å². The van der Waals surface area contributed by atoms with Crippen LogP contribution < -0.4 is 0 Å². The highest BCUT2D eigenvalue weighted by atomic mass is 35.5. The molecular weight excluding hydrogens is 463 g/mol. The van der Waals surface area contributed by atoms with Gasteiger partial charge >= 0.3 is 0 Å². The first-order valence-electron chi connectivity index (χ1n) is 8.86. The Morgan fingerprint density at radius 3 is 2.52 bits per heavy atom. The van der Waals surface area contributed by atoms with E-state index in [9.17, 15) is 19.7 Å². The third-order valence-corrected chi connectivity index (χ3v) is 5.93. The Labute approximate surface area is 190 Å². The highest BCUT2D eigenvalue weighted by Gasteiger charge is 2.35. The summed E-state index contributed by atoms with van der Waals surface area (Å²) in [5.74, 6) is 0.392. The van der Waals surface area contributed by atoms with Gasteiger partial charge in [0, 0.05) is 28.8 Å². The Hall–Kier alpha value is -3.07. The van der Waals surface area contributed by atoms with E-state index in [0.717, 1.165) is 16.7 Å². The van der Waals surface area contributed by atoms with Gasteiger partial charge in [0.25, 0.3) is 16.8 Å². The average molecular weight is 475 g/mol. The Kier molecular flexibility index (Phi) is 5.86. The Bertz CT molecular complexity index is 1240. The number of imide groups is 1. The monoisotopic (exact) mass is 474 g/mol. The Morgan fingerprint density at radius 1 is 1.06 bits per heavy atom. The van der Waals surface area contributed by atoms with Crippen LogP contribution in [0.15, 0.2) is 63.9 Å². The molecule has 0 aliphatic carbocycles. The molecule has 1 aliphatic heterocycles. The number of amides is 2. The molecule has 2 heterocycles. The van der Waals surface area contributed by atoms with E-state index in [1.54, 1.807) is 30.3 Å². The number of hydrogen-bond acceptors (Lipinski definition) is 6. The molecule has 0 N–H and O–H groups in total. The van der Waals surface area contributed by atoms with Crippen LogP contribution in [0.25, 0.3) is 17.4 Å². The first-order valence-corrected chi connectivity index (χ1v) is 10.4. The fourth-order valence-corrected chi connectivity index (χ4v) is 4.13. The van der Waals surface area contributed by atoms with Crippen LogP contribution in [-0.4, -0.2) is 21.0 Å². The van der Waals surface area contributed by atoms with Crippen LogP contribution in [0.1, 0.15) is 11.3 Å². The lowest BCUT2D eigenvalue weighted by Gasteiger charge is -2.12. The number of nitro benzene ring substituents is 1. The molecule has 1 saturated heterocycles. The van der Waals surface area contributed by atoms with Crippen LogP contribution >= 0.6 is 35.0 Å². The molecule has 2 amide bonds. The second kappa shape index (κ2) is 8.58. The number of nitro groups is 1. The van der Waals surface area contributed by atoms with E-state index in [4.69, 9.17) is 27.6 Å². The molecule has 1 fully saturated rings. The van der Waals surface area contributed by atoms with E-state index >= 15 is 0 Å². The minimum atomic E-state index is -0.513. The van der Waals surface area contributed by atoms with Crippen molar-refractivity contribution in [3.8, 4) is 11.3 Å². The van der Waals surface area contributed by atoms with Crippen molar-refractivity contribution in [2.75, 3.05) is 0 Å². The van der Waals surface area contributed by atoms with Gasteiger partial charge in [0.05, 0.1) is 21.4 Å². The molecule has 4 rings (SSSR count). The van der Waals surface area contributed by atoms with E-state index in [1.807, 2.05) is 0 Å². The first-order chi connectivity index (χ1) is 14.8. The van der Waals surface area contributed by atoms with Crippen LogP contribution in [0.3, 0.4) is 0 Å². The zero-order valence-electron chi connectivity index (χ0n) is 15.6. The minimum absolute atomic E-state index is 0.0154. The second-order valence-corrected chi connectivity index (χ2v) is 8.35. The zero-order valence-corrected chi connectivity index (χ0v) is 17.9. The van der Waals surface area contributed by atoms with E-state index in [0.29, 0.717) is 32.7 Å². The highest BCUT2D eigenvalue weighted by molar-refractivity contribution is 8.18. The highest BCUT2D eigenvalue weighted by Crippen LogP contribution is 2.36. The van der Waals surface area contributed by atoms with Crippen LogP contribution in [0.5, 0.6) is 0 Å².